The molecule has 0 saturated heterocycles. The highest BCUT2D eigenvalue weighted by molar-refractivity contribution is 5.80. The first-order chi connectivity index (χ1) is 16.4. The highest BCUT2D eigenvalue weighted by atomic mass is 16.5. The number of hydrogen-bond donors (Lipinski definition) is 2. The Kier molecular flexibility index (Phi) is 7.30. The van der Waals surface area contributed by atoms with Crippen molar-refractivity contribution in [3.63, 3.8) is 0 Å². The van der Waals surface area contributed by atoms with Crippen molar-refractivity contribution in [1.29, 1.82) is 0 Å². The first-order valence-corrected chi connectivity index (χ1v) is 11.7. The lowest BCUT2D eigenvalue weighted by atomic mass is 9.90. The van der Waals surface area contributed by atoms with Crippen molar-refractivity contribution in [2.75, 3.05) is 20.2 Å². The molecule has 7 nitrogen and oxygen atoms in total. The minimum atomic E-state index is -0.867. The number of carboxylic acids is 1. The molecule has 0 unspecified atom stereocenters. The molecule has 7 heteroatoms. The maximum Gasteiger partial charge on any atom is 0.407 e. The third kappa shape index (κ3) is 5.30. The zero-order valence-electron chi connectivity index (χ0n) is 19.3. The van der Waals surface area contributed by atoms with Gasteiger partial charge >= 0.3 is 12.1 Å². The van der Waals surface area contributed by atoms with E-state index in [-0.39, 0.29) is 36.8 Å². The molecule has 2 N–H and O–H groups in total. The van der Waals surface area contributed by atoms with E-state index >= 15 is 0 Å². The van der Waals surface area contributed by atoms with Crippen LogP contribution in [0.3, 0.4) is 0 Å². The van der Waals surface area contributed by atoms with E-state index in [0.717, 1.165) is 11.1 Å². The third-order valence-corrected chi connectivity index (χ3v) is 6.58. The van der Waals surface area contributed by atoms with Gasteiger partial charge in [-0.1, -0.05) is 60.7 Å². The van der Waals surface area contributed by atoms with Crippen molar-refractivity contribution >= 4 is 18.0 Å². The van der Waals surface area contributed by atoms with E-state index in [2.05, 4.69) is 29.6 Å². The van der Waals surface area contributed by atoms with Crippen LogP contribution in [-0.4, -0.2) is 54.2 Å². The molecular formula is C27H30N2O5. The molecule has 0 saturated carbocycles. The molecule has 0 heterocycles. The lowest BCUT2D eigenvalue weighted by Gasteiger charge is -2.28. The van der Waals surface area contributed by atoms with Crippen molar-refractivity contribution in [2.45, 2.75) is 37.6 Å². The second kappa shape index (κ2) is 10.5. The van der Waals surface area contributed by atoms with Gasteiger partial charge in [0.15, 0.2) is 0 Å². The molecule has 0 radical (unpaired) electrons. The van der Waals surface area contributed by atoms with Crippen molar-refractivity contribution in [2.24, 2.45) is 5.92 Å². The van der Waals surface area contributed by atoms with Crippen LogP contribution in [0.4, 0.5) is 4.79 Å². The van der Waals surface area contributed by atoms with Crippen LogP contribution in [0, 0.1) is 5.92 Å². The molecular weight excluding hydrogens is 432 g/mol. The normalized spacial score (nSPS) is 18.6. The first-order valence-electron chi connectivity index (χ1n) is 11.7. The van der Waals surface area contributed by atoms with Gasteiger partial charge in [-0.15, -0.1) is 0 Å². The molecule has 2 atom stereocenters. The number of nitrogens with one attached hydrogen (secondary N) is 1. The van der Waals surface area contributed by atoms with Gasteiger partial charge in [0.25, 0.3) is 0 Å². The van der Waals surface area contributed by atoms with Crippen LogP contribution in [-0.2, 0) is 14.3 Å². The number of allylic oxidation sites excluding steroid dienone is 1. The largest absolute Gasteiger partial charge is 0.481 e. The third-order valence-electron chi connectivity index (χ3n) is 6.58. The van der Waals surface area contributed by atoms with E-state index in [9.17, 15) is 14.4 Å². The molecule has 2 aromatic rings. The summed E-state index contributed by atoms with van der Waals surface area (Å²) in [4.78, 5) is 37.6. The quantitative estimate of drug-likeness (QED) is 0.574. The standard InChI is InChI=1S/C27H30N2O5/c1-29(15-7-14-25(30)31)26(32)18-8-6-9-19(16-18)28-27(33)34-17-24-22-12-4-2-10-20(22)21-11-3-5-13-23(21)24/h2-6,9-13,18-19,24H,7-8,14-17H2,1H3,(H,28,33)(H,30,31)/t18-,19-/m1/s1. The predicted molar refractivity (Wildman–Crippen MR) is 128 cm³/mol. The van der Waals surface area contributed by atoms with Crippen LogP contribution in [0.1, 0.15) is 42.7 Å². The Labute approximate surface area is 199 Å². The Morgan fingerprint density at radius 3 is 2.35 bits per heavy atom. The Bertz CT molecular complexity index is 1050. The molecule has 2 aromatic carbocycles. The van der Waals surface area contributed by atoms with Crippen LogP contribution >= 0.6 is 0 Å². The molecule has 0 spiro atoms. The van der Waals surface area contributed by atoms with Gasteiger partial charge in [-0.05, 0) is 41.5 Å². The van der Waals surface area contributed by atoms with E-state index in [1.165, 1.54) is 11.1 Å². The summed E-state index contributed by atoms with van der Waals surface area (Å²) in [5.74, 6) is -1.16. The van der Waals surface area contributed by atoms with E-state index in [4.69, 9.17) is 9.84 Å². The lowest BCUT2D eigenvalue weighted by Crippen LogP contribution is -2.41. The second-order valence-corrected chi connectivity index (χ2v) is 8.93. The minimum Gasteiger partial charge on any atom is -0.481 e. The van der Waals surface area contributed by atoms with Crippen LogP contribution in [0.15, 0.2) is 60.7 Å². The molecule has 0 fully saturated rings. The molecule has 4 rings (SSSR count). The molecule has 34 heavy (non-hydrogen) atoms. The summed E-state index contributed by atoms with van der Waals surface area (Å²) in [5.41, 5.74) is 4.67. The van der Waals surface area contributed by atoms with Crippen molar-refractivity contribution < 1.29 is 24.2 Å². The number of fused-ring (bicyclic) bond motifs is 3. The number of ether oxygens (including phenoxy) is 1. The Balaban J connectivity index is 1.30. The number of nitrogens with zero attached hydrogens (tertiary/aromatic N) is 1. The predicted octanol–water partition coefficient (Wildman–Crippen LogP) is 4.18. The fraction of sp³-hybridized carbons (Fsp3) is 0.370. The number of carbonyl (C=O) groups is 3. The van der Waals surface area contributed by atoms with Crippen LogP contribution in [0.25, 0.3) is 11.1 Å². The molecule has 0 aliphatic heterocycles. The SMILES string of the molecule is CN(CCCC(=O)O)C(=O)[C@@H]1CC=C[C@@H](NC(=O)OCC2c3ccccc3-c3ccccc32)C1. The van der Waals surface area contributed by atoms with Crippen LogP contribution in [0.5, 0.6) is 0 Å². The van der Waals surface area contributed by atoms with Gasteiger partial charge in [-0.3, -0.25) is 9.59 Å². The molecule has 178 valence electrons. The van der Waals surface area contributed by atoms with Crippen LogP contribution in [0.2, 0.25) is 0 Å². The van der Waals surface area contributed by atoms with Gasteiger partial charge in [-0.25, -0.2) is 4.79 Å². The fourth-order valence-electron chi connectivity index (χ4n) is 4.88. The second-order valence-electron chi connectivity index (χ2n) is 8.93. The summed E-state index contributed by atoms with van der Waals surface area (Å²) in [6.45, 7) is 0.640. The zero-order valence-corrected chi connectivity index (χ0v) is 19.3. The number of carboxylic acid groups (broad SMARTS) is 1. The lowest BCUT2D eigenvalue weighted by molar-refractivity contribution is -0.138. The Morgan fingerprint density at radius 1 is 1.06 bits per heavy atom. The molecule has 0 bridgehead atoms. The van der Waals surface area contributed by atoms with Gasteiger partial charge in [0, 0.05) is 31.8 Å². The summed E-state index contributed by atoms with van der Waals surface area (Å²) in [5, 5.41) is 11.7. The van der Waals surface area contributed by atoms with Crippen molar-refractivity contribution in [3.05, 3.63) is 71.8 Å². The van der Waals surface area contributed by atoms with Gasteiger partial charge in [0.05, 0.1) is 6.04 Å². The summed E-state index contributed by atoms with van der Waals surface area (Å²) < 4.78 is 5.63. The van der Waals surface area contributed by atoms with E-state index in [0.29, 0.717) is 25.8 Å². The fourth-order valence-corrected chi connectivity index (χ4v) is 4.88. The van der Waals surface area contributed by atoms with Gasteiger partial charge in [-0.2, -0.15) is 0 Å². The Hall–Kier alpha value is -3.61. The molecule has 0 aromatic heterocycles. The van der Waals surface area contributed by atoms with Gasteiger partial charge < -0.3 is 20.1 Å². The van der Waals surface area contributed by atoms with Gasteiger partial charge in [0.2, 0.25) is 5.91 Å². The maximum absolute atomic E-state index is 12.7. The average Bonchev–Trinajstić information content (AvgIpc) is 3.16. The smallest absolute Gasteiger partial charge is 0.407 e. The average molecular weight is 463 g/mol. The first kappa shape index (κ1) is 23.5. The summed E-state index contributed by atoms with van der Waals surface area (Å²) in [7, 11) is 1.69. The highest BCUT2D eigenvalue weighted by Gasteiger charge is 2.30. The number of amides is 2. The van der Waals surface area contributed by atoms with Gasteiger partial charge in [0.1, 0.15) is 6.61 Å². The zero-order chi connectivity index (χ0) is 24.1. The van der Waals surface area contributed by atoms with E-state index < -0.39 is 12.1 Å². The summed E-state index contributed by atoms with van der Waals surface area (Å²) in [6, 6.07) is 16.1. The topological polar surface area (TPSA) is 95.9 Å². The Morgan fingerprint density at radius 2 is 1.71 bits per heavy atom. The van der Waals surface area contributed by atoms with E-state index in [1.807, 2.05) is 36.4 Å². The number of rotatable bonds is 8. The minimum absolute atomic E-state index is 0.00572. The number of hydrogen-bond acceptors (Lipinski definition) is 4. The number of aliphatic carboxylic acids is 1. The maximum atomic E-state index is 12.7. The van der Waals surface area contributed by atoms with Crippen molar-refractivity contribution in [1.82, 2.24) is 10.2 Å². The molecule has 2 amide bonds. The van der Waals surface area contributed by atoms with Crippen molar-refractivity contribution in [3.8, 4) is 11.1 Å². The number of benzene rings is 2. The summed E-state index contributed by atoms with van der Waals surface area (Å²) >= 11 is 0. The van der Waals surface area contributed by atoms with E-state index in [1.54, 1.807) is 11.9 Å². The van der Waals surface area contributed by atoms with Crippen LogP contribution < -0.4 is 5.32 Å². The molecule has 2 aliphatic carbocycles. The number of alkyl carbamates (subject to hydrolysis) is 1. The monoisotopic (exact) mass is 462 g/mol. The highest BCUT2D eigenvalue weighted by Crippen LogP contribution is 2.44. The molecule has 2 aliphatic rings. The summed E-state index contributed by atoms with van der Waals surface area (Å²) in [6.07, 6.45) is 4.85. The number of carbonyl (C=O) groups excluding carboxylic acids is 2.